The van der Waals surface area contributed by atoms with Gasteiger partial charge in [0.15, 0.2) is 4.77 Å². The van der Waals surface area contributed by atoms with Gasteiger partial charge < -0.3 is 9.72 Å². The number of para-hydroxylation sites is 1. The summed E-state index contributed by atoms with van der Waals surface area (Å²) in [6, 6.07) is 8.16. The topological polar surface area (TPSA) is 37.9 Å². The van der Waals surface area contributed by atoms with Gasteiger partial charge in [0.25, 0.3) is 0 Å². The van der Waals surface area contributed by atoms with Crippen LogP contribution in [0.25, 0.3) is 11.3 Å². The summed E-state index contributed by atoms with van der Waals surface area (Å²) in [6.07, 6.45) is 0.974. The molecule has 0 bridgehead atoms. The fourth-order valence-electron chi connectivity index (χ4n) is 2.13. The highest BCUT2D eigenvalue weighted by Crippen LogP contribution is 2.35. The number of fused-ring (bicyclic) bond motifs is 1. The summed E-state index contributed by atoms with van der Waals surface area (Å²) < 4.78 is 6.19. The Kier molecular flexibility index (Phi) is 2.44. The highest BCUT2D eigenvalue weighted by Gasteiger charge is 2.17. The van der Waals surface area contributed by atoms with Crippen molar-refractivity contribution in [3.05, 3.63) is 40.3 Å². The third-order valence-corrected chi connectivity index (χ3v) is 3.06. The normalized spacial score (nSPS) is 13.2. The van der Waals surface area contributed by atoms with Crippen LogP contribution in [0.15, 0.2) is 24.3 Å². The Bertz CT molecular complexity index is 634. The lowest BCUT2D eigenvalue weighted by molar-refractivity contribution is 0.358. The van der Waals surface area contributed by atoms with E-state index in [-0.39, 0.29) is 0 Å². The van der Waals surface area contributed by atoms with Gasteiger partial charge in [-0.2, -0.15) is 0 Å². The SMILES string of the molecule is Cc1cc(-c2cccc3c2OCC3)nc(=S)[nH]1. The van der Waals surface area contributed by atoms with E-state index in [1.807, 2.05) is 25.1 Å². The zero-order chi connectivity index (χ0) is 11.8. The van der Waals surface area contributed by atoms with Gasteiger partial charge in [0, 0.05) is 17.7 Å². The van der Waals surface area contributed by atoms with Crippen molar-refractivity contribution in [3.63, 3.8) is 0 Å². The first-order valence-electron chi connectivity index (χ1n) is 5.57. The van der Waals surface area contributed by atoms with Crippen LogP contribution in [-0.4, -0.2) is 16.6 Å². The van der Waals surface area contributed by atoms with Gasteiger partial charge in [-0.05, 0) is 36.8 Å². The third kappa shape index (κ3) is 1.85. The van der Waals surface area contributed by atoms with Gasteiger partial charge >= 0.3 is 0 Å². The largest absolute Gasteiger partial charge is 0.492 e. The second-order valence-electron chi connectivity index (χ2n) is 4.15. The molecule has 86 valence electrons. The molecule has 2 aromatic rings. The summed E-state index contributed by atoms with van der Waals surface area (Å²) in [5, 5.41) is 0. The number of aromatic amines is 1. The summed E-state index contributed by atoms with van der Waals surface area (Å²) in [5.41, 5.74) is 4.17. The Morgan fingerprint density at radius 2 is 2.29 bits per heavy atom. The van der Waals surface area contributed by atoms with Crippen LogP contribution in [0.2, 0.25) is 0 Å². The van der Waals surface area contributed by atoms with E-state index in [9.17, 15) is 0 Å². The number of rotatable bonds is 1. The molecule has 0 amide bonds. The lowest BCUT2D eigenvalue weighted by Gasteiger charge is -2.07. The van der Waals surface area contributed by atoms with Crippen LogP contribution in [0, 0.1) is 11.7 Å². The molecule has 0 fully saturated rings. The Morgan fingerprint density at radius 1 is 1.41 bits per heavy atom. The smallest absolute Gasteiger partial charge is 0.197 e. The van der Waals surface area contributed by atoms with Gasteiger partial charge in [0.1, 0.15) is 5.75 Å². The first-order chi connectivity index (χ1) is 8.24. The molecule has 1 aliphatic heterocycles. The van der Waals surface area contributed by atoms with E-state index in [2.05, 4.69) is 16.0 Å². The van der Waals surface area contributed by atoms with Crippen LogP contribution in [0.4, 0.5) is 0 Å². The second kappa shape index (κ2) is 3.96. The molecule has 0 radical (unpaired) electrons. The van der Waals surface area contributed by atoms with E-state index in [1.165, 1.54) is 5.56 Å². The fourth-order valence-corrected chi connectivity index (χ4v) is 2.39. The van der Waals surface area contributed by atoms with Crippen molar-refractivity contribution in [3.8, 4) is 17.0 Å². The predicted octanol–water partition coefficient (Wildman–Crippen LogP) is 3.05. The number of nitrogens with zero attached hydrogens (tertiary/aromatic N) is 1. The Balaban J connectivity index is 2.22. The molecule has 3 nitrogen and oxygen atoms in total. The van der Waals surface area contributed by atoms with E-state index < -0.39 is 0 Å². The van der Waals surface area contributed by atoms with E-state index in [4.69, 9.17) is 17.0 Å². The van der Waals surface area contributed by atoms with Crippen LogP contribution < -0.4 is 4.74 Å². The van der Waals surface area contributed by atoms with Crippen molar-refractivity contribution in [1.29, 1.82) is 0 Å². The molecule has 3 rings (SSSR count). The number of benzene rings is 1. The molecule has 0 saturated heterocycles. The highest BCUT2D eigenvalue weighted by molar-refractivity contribution is 7.71. The predicted molar refractivity (Wildman–Crippen MR) is 68.8 cm³/mol. The molecule has 0 aliphatic carbocycles. The molecule has 1 aliphatic rings. The Labute approximate surface area is 104 Å². The van der Waals surface area contributed by atoms with Crippen molar-refractivity contribution in [2.24, 2.45) is 0 Å². The Hall–Kier alpha value is -1.68. The molecule has 4 heteroatoms. The minimum absolute atomic E-state index is 0.510. The number of H-pyrrole nitrogens is 1. The second-order valence-corrected chi connectivity index (χ2v) is 4.53. The molecule has 17 heavy (non-hydrogen) atoms. The third-order valence-electron chi connectivity index (χ3n) is 2.87. The molecule has 1 aromatic carbocycles. The lowest BCUT2D eigenvalue weighted by atomic mass is 10.1. The monoisotopic (exact) mass is 244 g/mol. The van der Waals surface area contributed by atoms with E-state index >= 15 is 0 Å². The summed E-state index contributed by atoms with van der Waals surface area (Å²) in [7, 11) is 0. The molecule has 1 aromatic heterocycles. The number of ether oxygens (including phenoxy) is 1. The van der Waals surface area contributed by atoms with Crippen LogP contribution >= 0.6 is 12.2 Å². The zero-order valence-electron chi connectivity index (χ0n) is 9.49. The standard InChI is InChI=1S/C13H12N2OS/c1-8-7-11(15-13(17)14-8)10-4-2-3-9-5-6-16-12(9)10/h2-4,7H,5-6H2,1H3,(H,14,15,17). The van der Waals surface area contributed by atoms with Crippen molar-refractivity contribution in [1.82, 2.24) is 9.97 Å². The van der Waals surface area contributed by atoms with Crippen molar-refractivity contribution < 1.29 is 4.74 Å². The maximum absolute atomic E-state index is 5.68. The number of hydrogen-bond donors (Lipinski definition) is 1. The molecule has 0 unspecified atom stereocenters. The molecule has 0 saturated carbocycles. The molecule has 0 atom stereocenters. The maximum atomic E-state index is 5.68. The highest BCUT2D eigenvalue weighted by atomic mass is 32.1. The average Bonchev–Trinajstić information content (AvgIpc) is 2.75. The zero-order valence-corrected chi connectivity index (χ0v) is 10.3. The number of aromatic nitrogens is 2. The quantitative estimate of drug-likeness (QED) is 0.783. The van der Waals surface area contributed by atoms with E-state index in [0.29, 0.717) is 4.77 Å². The summed E-state index contributed by atoms with van der Waals surface area (Å²) in [5.74, 6) is 0.958. The van der Waals surface area contributed by atoms with Gasteiger partial charge in [-0.1, -0.05) is 12.1 Å². The van der Waals surface area contributed by atoms with Gasteiger partial charge in [-0.15, -0.1) is 0 Å². The average molecular weight is 244 g/mol. The lowest BCUT2D eigenvalue weighted by Crippen LogP contribution is -1.93. The number of aryl methyl sites for hydroxylation is 1. The summed E-state index contributed by atoms with van der Waals surface area (Å²) >= 11 is 5.11. The minimum atomic E-state index is 0.510. The first kappa shape index (κ1) is 10.5. The van der Waals surface area contributed by atoms with Crippen LogP contribution in [0.3, 0.4) is 0 Å². The van der Waals surface area contributed by atoms with Gasteiger partial charge in [0.2, 0.25) is 0 Å². The molecular formula is C13H12N2OS. The van der Waals surface area contributed by atoms with Gasteiger partial charge in [-0.3, -0.25) is 0 Å². The van der Waals surface area contributed by atoms with E-state index in [1.54, 1.807) is 0 Å². The van der Waals surface area contributed by atoms with Crippen LogP contribution in [0.1, 0.15) is 11.3 Å². The van der Waals surface area contributed by atoms with Gasteiger partial charge in [-0.25, -0.2) is 4.98 Å². The van der Waals surface area contributed by atoms with E-state index in [0.717, 1.165) is 35.7 Å². The van der Waals surface area contributed by atoms with Crippen LogP contribution in [-0.2, 0) is 6.42 Å². The molecule has 0 spiro atoms. The van der Waals surface area contributed by atoms with Crippen molar-refractivity contribution in [2.75, 3.05) is 6.61 Å². The fraction of sp³-hybridized carbons (Fsp3) is 0.231. The summed E-state index contributed by atoms with van der Waals surface area (Å²) in [6.45, 7) is 2.73. The van der Waals surface area contributed by atoms with Crippen molar-refractivity contribution in [2.45, 2.75) is 13.3 Å². The number of hydrogen-bond acceptors (Lipinski definition) is 3. The summed E-state index contributed by atoms with van der Waals surface area (Å²) in [4.78, 5) is 7.37. The number of nitrogens with one attached hydrogen (secondary N) is 1. The maximum Gasteiger partial charge on any atom is 0.197 e. The molecular weight excluding hydrogens is 232 g/mol. The molecule has 1 N–H and O–H groups in total. The molecule has 2 heterocycles. The van der Waals surface area contributed by atoms with Gasteiger partial charge in [0.05, 0.1) is 12.3 Å². The minimum Gasteiger partial charge on any atom is -0.492 e. The van der Waals surface area contributed by atoms with Crippen molar-refractivity contribution >= 4 is 12.2 Å². The first-order valence-corrected chi connectivity index (χ1v) is 5.98. The van der Waals surface area contributed by atoms with Crippen LogP contribution in [0.5, 0.6) is 5.75 Å². The Morgan fingerprint density at radius 3 is 3.12 bits per heavy atom.